The Balaban J connectivity index is 1.51. The van der Waals surface area contributed by atoms with Crippen LogP contribution >= 0.6 is 0 Å². The van der Waals surface area contributed by atoms with Crippen LogP contribution in [0.3, 0.4) is 0 Å². The topological polar surface area (TPSA) is 74.0 Å². The maximum atomic E-state index is 13.2. The molecule has 6 nitrogen and oxygen atoms in total. The molecule has 6 heteroatoms. The van der Waals surface area contributed by atoms with E-state index in [1.54, 1.807) is 18.2 Å². The highest BCUT2D eigenvalue weighted by atomic mass is 16.2. The number of aryl methyl sites for hydroxylation is 1. The summed E-state index contributed by atoms with van der Waals surface area (Å²) in [6.45, 7) is 1.44. The molecule has 0 unspecified atom stereocenters. The minimum Gasteiger partial charge on any atom is -0.326 e. The summed E-state index contributed by atoms with van der Waals surface area (Å²) in [7, 11) is 1.88. The number of imidazole rings is 1. The molecule has 0 bridgehead atoms. The molecule has 0 amide bonds. The fourth-order valence-electron chi connectivity index (χ4n) is 4.72. The van der Waals surface area contributed by atoms with Gasteiger partial charge < -0.3 is 4.57 Å². The number of rotatable bonds is 2. The molecule has 0 spiro atoms. The van der Waals surface area contributed by atoms with Gasteiger partial charge in [0.25, 0.3) is 0 Å². The number of ketones is 2. The van der Waals surface area contributed by atoms with Gasteiger partial charge in [-0.2, -0.15) is 0 Å². The van der Waals surface area contributed by atoms with Crippen molar-refractivity contribution in [1.82, 2.24) is 14.1 Å². The summed E-state index contributed by atoms with van der Waals surface area (Å²) in [5, 5.41) is 1.80. The Morgan fingerprint density at radius 3 is 2.03 bits per heavy atom. The molecule has 0 fully saturated rings. The summed E-state index contributed by atoms with van der Waals surface area (Å²) >= 11 is 0. The molecule has 0 atom stereocenters. The van der Waals surface area contributed by atoms with Gasteiger partial charge in [0.05, 0.1) is 16.8 Å². The molecule has 1 aliphatic carbocycles. The predicted octanol–water partition coefficient (Wildman–Crippen LogP) is 5.32. The van der Waals surface area contributed by atoms with Gasteiger partial charge in [-0.05, 0) is 35.0 Å². The molecule has 0 radical (unpaired) electrons. The van der Waals surface area contributed by atoms with Crippen molar-refractivity contribution in [2.24, 2.45) is 7.05 Å². The van der Waals surface area contributed by atoms with Crippen molar-refractivity contribution >= 4 is 45.5 Å². The van der Waals surface area contributed by atoms with E-state index in [0.717, 1.165) is 27.7 Å². The second-order valence-electron chi connectivity index (χ2n) is 8.45. The molecular weight excluding hydrogens is 426 g/mol. The van der Waals surface area contributed by atoms with Crippen LogP contribution in [0.1, 0.15) is 38.1 Å². The number of carbonyl (C=O) groups is 3. The first-order chi connectivity index (χ1) is 16.4. The first kappa shape index (κ1) is 20.1. The second-order valence-corrected chi connectivity index (χ2v) is 8.45. The highest BCUT2D eigenvalue weighted by Gasteiger charge is 2.34. The van der Waals surface area contributed by atoms with E-state index in [1.807, 2.05) is 66.2 Å². The number of hydrogen-bond donors (Lipinski definition) is 0. The van der Waals surface area contributed by atoms with E-state index < -0.39 is 0 Å². The van der Waals surface area contributed by atoms with Crippen molar-refractivity contribution in [3.63, 3.8) is 0 Å². The van der Waals surface area contributed by atoms with Crippen LogP contribution in [-0.2, 0) is 7.05 Å². The van der Waals surface area contributed by atoms with Crippen LogP contribution in [0.4, 0.5) is 0 Å². The average Bonchev–Trinajstić information content (AvgIpc) is 3.44. The van der Waals surface area contributed by atoms with Gasteiger partial charge in [0.15, 0.2) is 17.2 Å². The first-order valence-corrected chi connectivity index (χ1v) is 10.9. The molecule has 164 valence electrons. The van der Waals surface area contributed by atoms with Crippen LogP contribution in [0.15, 0.2) is 78.4 Å². The zero-order chi connectivity index (χ0) is 23.6. The number of aromatic nitrogens is 3. The molecule has 2 heterocycles. The third-order valence-electron chi connectivity index (χ3n) is 6.38. The molecule has 34 heavy (non-hydrogen) atoms. The number of allylic oxidation sites excluding steroid dienone is 1. The fraction of sp³-hybridized carbons (Fsp3) is 0.0714. The van der Waals surface area contributed by atoms with Crippen molar-refractivity contribution in [3.8, 4) is 11.4 Å². The minimum absolute atomic E-state index is 0.0545. The van der Waals surface area contributed by atoms with Gasteiger partial charge in [-0.1, -0.05) is 54.6 Å². The lowest BCUT2D eigenvalue weighted by atomic mass is 10.0. The lowest BCUT2D eigenvalue weighted by Gasteiger charge is -2.03. The molecule has 0 aliphatic heterocycles. The van der Waals surface area contributed by atoms with E-state index in [9.17, 15) is 14.4 Å². The second kappa shape index (κ2) is 7.22. The molecule has 0 N–H and O–H groups in total. The highest BCUT2D eigenvalue weighted by molar-refractivity contribution is 6.42. The molecule has 0 saturated carbocycles. The number of Topliss-reactive ketones (excluding diaryl/α,β-unsaturated/α-hetero) is 2. The standard InChI is InChI=1S/C28H19N3O3/c1-16(32)31-20(15-24-28(31)29-27(30(24)2)17-8-4-3-5-9-17)14-23-25(33)21-12-18-10-6-7-11-19(18)13-22(21)26(23)34/h3-15H,1-2H3. The third-order valence-corrected chi connectivity index (χ3v) is 6.38. The maximum absolute atomic E-state index is 13.2. The van der Waals surface area contributed by atoms with E-state index in [4.69, 9.17) is 4.98 Å². The van der Waals surface area contributed by atoms with Crippen molar-refractivity contribution in [1.29, 1.82) is 0 Å². The van der Waals surface area contributed by atoms with Gasteiger partial charge in [-0.3, -0.25) is 19.0 Å². The summed E-state index contributed by atoms with van der Waals surface area (Å²) in [5.41, 5.74) is 3.45. The summed E-state index contributed by atoms with van der Waals surface area (Å²) in [4.78, 5) is 43.7. The number of carbonyl (C=O) groups excluding carboxylic acids is 3. The number of hydrogen-bond acceptors (Lipinski definition) is 4. The zero-order valence-corrected chi connectivity index (χ0v) is 18.6. The van der Waals surface area contributed by atoms with E-state index in [1.165, 1.54) is 17.6 Å². The van der Waals surface area contributed by atoms with Gasteiger partial charge in [-0.25, -0.2) is 4.98 Å². The molecule has 5 aromatic rings. The maximum Gasteiger partial charge on any atom is 0.229 e. The molecule has 6 rings (SSSR count). The Hall–Kier alpha value is -4.58. The smallest absolute Gasteiger partial charge is 0.229 e. The Labute approximate surface area is 194 Å². The van der Waals surface area contributed by atoms with Crippen molar-refractivity contribution in [3.05, 3.63) is 95.2 Å². The molecule has 1 aliphatic rings. The fourth-order valence-corrected chi connectivity index (χ4v) is 4.72. The van der Waals surface area contributed by atoms with E-state index in [-0.39, 0.29) is 23.0 Å². The van der Waals surface area contributed by atoms with Crippen LogP contribution in [0, 0.1) is 0 Å². The first-order valence-electron chi connectivity index (χ1n) is 10.9. The number of nitrogens with zero attached hydrogens (tertiary/aromatic N) is 3. The molecule has 2 aromatic heterocycles. The minimum atomic E-state index is -0.330. The third kappa shape index (κ3) is 2.82. The number of fused-ring (bicyclic) bond motifs is 3. The highest BCUT2D eigenvalue weighted by Crippen LogP contribution is 2.33. The average molecular weight is 445 g/mol. The van der Waals surface area contributed by atoms with Crippen LogP contribution in [0.5, 0.6) is 0 Å². The number of benzene rings is 3. The Kier molecular flexibility index (Phi) is 4.26. The normalized spacial score (nSPS) is 13.2. The van der Waals surface area contributed by atoms with Crippen LogP contribution in [0.25, 0.3) is 39.4 Å². The predicted molar refractivity (Wildman–Crippen MR) is 131 cm³/mol. The van der Waals surface area contributed by atoms with Gasteiger partial charge in [0.1, 0.15) is 5.82 Å². The van der Waals surface area contributed by atoms with Crippen LogP contribution in [0.2, 0.25) is 0 Å². The van der Waals surface area contributed by atoms with Crippen molar-refractivity contribution < 1.29 is 14.4 Å². The van der Waals surface area contributed by atoms with Gasteiger partial charge in [-0.15, -0.1) is 0 Å². The van der Waals surface area contributed by atoms with Crippen LogP contribution < -0.4 is 0 Å². The summed E-state index contributed by atoms with van der Waals surface area (Å²) in [5.74, 6) is -0.180. The summed E-state index contributed by atoms with van der Waals surface area (Å²) in [6.07, 6.45) is 1.51. The Bertz CT molecular complexity index is 1660. The van der Waals surface area contributed by atoms with Crippen molar-refractivity contribution in [2.75, 3.05) is 0 Å². The monoisotopic (exact) mass is 445 g/mol. The summed E-state index contributed by atoms with van der Waals surface area (Å²) in [6, 6.07) is 22.7. The lowest BCUT2D eigenvalue weighted by Crippen LogP contribution is -2.09. The lowest BCUT2D eigenvalue weighted by molar-refractivity contribution is 0.0936. The Morgan fingerprint density at radius 2 is 1.44 bits per heavy atom. The largest absolute Gasteiger partial charge is 0.326 e. The van der Waals surface area contributed by atoms with E-state index in [2.05, 4.69) is 0 Å². The Morgan fingerprint density at radius 1 is 0.853 bits per heavy atom. The van der Waals surface area contributed by atoms with E-state index >= 15 is 0 Å². The molecule has 0 saturated heterocycles. The van der Waals surface area contributed by atoms with Crippen LogP contribution in [-0.4, -0.2) is 31.6 Å². The van der Waals surface area contributed by atoms with Gasteiger partial charge >= 0.3 is 0 Å². The van der Waals surface area contributed by atoms with Gasteiger partial charge in [0.2, 0.25) is 5.91 Å². The molecular formula is C28H19N3O3. The van der Waals surface area contributed by atoms with Gasteiger partial charge in [0, 0.05) is 30.7 Å². The SMILES string of the molecule is CC(=O)n1c(C=C2C(=O)c3cc4ccccc4cc3C2=O)cc2c1nc(-c1ccccc1)n2C. The zero-order valence-electron chi connectivity index (χ0n) is 18.6. The van der Waals surface area contributed by atoms with Crippen molar-refractivity contribution in [2.45, 2.75) is 6.92 Å². The molecule has 3 aromatic carbocycles. The quantitative estimate of drug-likeness (QED) is 0.272. The summed E-state index contributed by atoms with van der Waals surface area (Å²) < 4.78 is 3.36. The van der Waals surface area contributed by atoms with E-state index in [0.29, 0.717) is 22.5 Å².